The van der Waals surface area contributed by atoms with Gasteiger partial charge in [0.1, 0.15) is 17.3 Å². The highest BCUT2D eigenvalue weighted by Crippen LogP contribution is 2.34. The highest BCUT2D eigenvalue weighted by atomic mass is 19.1. The quantitative estimate of drug-likeness (QED) is 0.509. The predicted octanol–water partition coefficient (Wildman–Crippen LogP) is 4.66. The first-order valence-electron chi connectivity index (χ1n) is 9.95. The van der Waals surface area contributed by atoms with Gasteiger partial charge in [-0.15, -0.1) is 0 Å². The molecule has 4 aromatic rings. The summed E-state index contributed by atoms with van der Waals surface area (Å²) in [7, 11) is 0. The fourth-order valence-electron chi connectivity index (χ4n) is 3.60. The van der Waals surface area contributed by atoms with Crippen molar-refractivity contribution >= 4 is 5.91 Å². The number of halogens is 1. The predicted molar refractivity (Wildman–Crippen MR) is 115 cm³/mol. The van der Waals surface area contributed by atoms with Gasteiger partial charge in [0.15, 0.2) is 5.82 Å². The van der Waals surface area contributed by atoms with Crippen molar-refractivity contribution in [3.8, 4) is 34.3 Å². The third-order valence-electron chi connectivity index (χ3n) is 5.18. The number of ether oxygens (including phenoxy) is 1. The lowest BCUT2D eigenvalue weighted by Crippen LogP contribution is -2.31. The second kappa shape index (κ2) is 7.68. The molecule has 0 atom stereocenters. The SMILES string of the molecule is Cc1ccc(Oc2cccc(F)c2-c2nccc(-c3cc4c([nH]3)CCNC4=O)n2)cc1. The van der Waals surface area contributed by atoms with Gasteiger partial charge in [-0.3, -0.25) is 4.79 Å². The number of hydrogen-bond acceptors (Lipinski definition) is 4. The molecular weight excluding hydrogens is 395 g/mol. The molecule has 0 radical (unpaired) electrons. The summed E-state index contributed by atoms with van der Waals surface area (Å²) in [5.74, 6) is 0.533. The second-order valence-corrected chi connectivity index (χ2v) is 7.37. The van der Waals surface area contributed by atoms with Crippen LogP contribution in [0.2, 0.25) is 0 Å². The Morgan fingerprint density at radius 3 is 2.74 bits per heavy atom. The minimum Gasteiger partial charge on any atom is -0.456 e. The van der Waals surface area contributed by atoms with E-state index in [4.69, 9.17) is 4.74 Å². The number of aryl methyl sites for hydroxylation is 1. The van der Waals surface area contributed by atoms with Crippen molar-refractivity contribution in [2.45, 2.75) is 13.3 Å². The number of hydrogen-bond donors (Lipinski definition) is 2. The van der Waals surface area contributed by atoms with Crippen LogP contribution in [0.5, 0.6) is 11.5 Å². The van der Waals surface area contributed by atoms with Gasteiger partial charge in [0.2, 0.25) is 0 Å². The van der Waals surface area contributed by atoms with E-state index in [1.807, 2.05) is 31.2 Å². The summed E-state index contributed by atoms with van der Waals surface area (Å²) in [5, 5.41) is 2.82. The highest BCUT2D eigenvalue weighted by molar-refractivity contribution is 5.97. The highest BCUT2D eigenvalue weighted by Gasteiger charge is 2.21. The van der Waals surface area contributed by atoms with Crippen molar-refractivity contribution in [3.63, 3.8) is 0 Å². The maximum atomic E-state index is 14.9. The summed E-state index contributed by atoms with van der Waals surface area (Å²) in [6.07, 6.45) is 2.29. The first-order valence-corrected chi connectivity index (χ1v) is 9.95. The van der Waals surface area contributed by atoms with E-state index in [0.29, 0.717) is 35.0 Å². The Morgan fingerprint density at radius 2 is 1.94 bits per heavy atom. The van der Waals surface area contributed by atoms with Crippen LogP contribution in [0.4, 0.5) is 4.39 Å². The van der Waals surface area contributed by atoms with Crippen LogP contribution >= 0.6 is 0 Å². The maximum absolute atomic E-state index is 14.9. The largest absolute Gasteiger partial charge is 0.456 e. The zero-order valence-electron chi connectivity index (χ0n) is 16.8. The van der Waals surface area contributed by atoms with E-state index in [-0.39, 0.29) is 17.3 Å². The molecule has 2 aromatic carbocycles. The topological polar surface area (TPSA) is 79.9 Å². The number of amides is 1. The Balaban J connectivity index is 1.54. The number of fused-ring (bicyclic) bond motifs is 1. The van der Waals surface area contributed by atoms with Gasteiger partial charge < -0.3 is 15.0 Å². The fourth-order valence-corrected chi connectivity index (χ4v) is 3.60. The molecule has 2 aromatic heterocycles. The molecule has 0 fully saturated rings. The molecule has 0 unspecified atom stereocenters. The molecule has 1 aliphatic heterocycles. The Morgan fingerprint density at radius 1 is 1.10 bits per heavy atom. The Labute approximate surface area is 178 Å². The van der Waals surface area contributed by atoms with Gasteiger partial charge in [0.25, 0.3) is 5.91 Å². The van der Waals surface area contributed by atoms with Crippen molar-refractivity contribution < 1.29 is 13.9 Å². The van der Waals surface area contributed by atoms with E-state index in [9.17, 15) is 9.18 Å². The number of aromatic nitrogens is 3. The zero-order valence-corrected chi connectivity index (χ0v) is 16.8. The number of H-pyrrole nitrogens is 1. The lowest BCUT2D eigenvalue weighted by Gasteiger charge is -2.12. The normalized spacial score (nSPS) is 12.9. The van der Waals surface area contributed by atoms with E-state index >= 15 is 0 Å². The lowest BCUT2D eigenvalue weighted by molar-refractivity contribution is 0.0946. The summed E-state index contributed by atoms with van der Waals surface area (Å²) in [4.78, 5) is 24.2. The van der Waals surface area contributed by atoms with Crippen LogP contribution in [0.25, 0.3) is 22.8 Å². The number of aromatic amines is 1. The summed E-state index contributed by atoms with van der Waals surface area (Å²) >= 11 is 0. The van der Waals surface area contributed by atoms with E-state index in [1.165, 1.54) is 6.07 Å². The van der Waals surface area contributed by atoms with Crippen LogP contribution in [0.15, 0.2) is 60.8 Å². The smallest absolute Gasteiger partial charge is 0.253 e. The van der Waals surface area contributed by atoms with Gasteiger partial charge in [0, 0.05) is 24.9 Å². The average Bonchev–Trinajstić information content (AvgIpc) is 3.22. The molecule has 0 spiro atoms. The molecule has 0 saturated carbocycles. The Kier molecular flexibility index (Phi) is 4.71. The molecule has 1 amide bonds. The molecule has 5 rings (SSSR count). The molecule has 7 heteroatoms. The third kappa shape index (κ3) is 3.66. The van der Waals surface area contributed by atoms with Crippen LogP contribution in [-0.4, -0.2) is 27.4 Å². The van der Waals surface area contributed by atoms with Crippen LogP contribution < -0.4 is 10.1 Å². The number of nitrogens with zero attached hydrogens (tertiary/aromatic N) is 2. The molecule has 2 N–H and O–H groups in total. The van der Waals surface area contributed by atoms with Crippen LogP contribution in [-0.2, 0) is 6.42 Å². The molecule has 31 heavy (non-hydrogen) atoms. The number of nitrogens with one attached hydrogen (secondary N) is 2. The van der Waals surface area contributed by atoms with E-state index in [2.05, 4.69) is 20.3 Å². The third-order valence-corrected chi connectivity index (χ3v) is 5.18. The number of carbonyl (C=O) groups excluding carboxylic acids is 1. The van der Waals surface area contributed by atoms with Crippen LogP contribution in [0, 0.1) is 12.7 Å². The summed E-state index contributed by atoms with van der Waals surface area (Å²) in [5.41, 5.74) is 4.01. The Bertz CT molecular complexity index is 1280. The number of rotatable bonds is 4. The molecule has 154 valence electrons. The van der Waals surface area contributed by atoms with Gasteiger partial charge in [-0.2, -0.15) is 0 Å². The summed E-state index contributed by atoms with van der Waals surface area (Å²) in [6.45, 7) is 2.58. The van der Waals surface area contributed by atoms with Gasteiger partial charge in [-0.05, 0) is 43.3 Å². The monoisotopic (exact) mass is 414 g/mol. The molecule has 0 aliphatic carbocycles. The van der Waals surface area contributed by atoms with Crippen molar-refractivity contribution in [1.29, 1.82) is 0 Å². The maximum Gasteiger partial charge on any atom is 0.253 e. The molecule has 0 bridgehead atoms. The second-order valence-electron chi connectivity index (χ2n) is 7.37. The van der Waals surface area contributed by atoms with Crippen LogP contribution in [0.1, 0.15) is 21.6 Å². The van der Waals surface area contributed by atoms with Gasteiger partial charge in [-0.1, -0.05) is 23.8 Å². The lowest BCUT2D eigenvalue weighted by atomic mass is 10.1. The number of carbonyl (C=O) groups is 1. The van der Waals surface area contributed by atoms with Crippen molar-refractivity contribution in [1.82, 2.24) is 20.3 Å². The first-order chi connectivity index (χ1) is 15.1. The van der Waals surface area contributed by atoms with E-state index < -0.39 is 5.82 Å². The van der Waals surface area contributed by atoms with Gasteiger partial charge >= 0.3 is 0 Å². The Hall–Kier alpha value is -4.00. The fraction of sp³-hybridized carbons (Fsp3) is 0.125. The van der Waals surface area contributed by atoms with Crippen molar-refractivity contribution in [3.05, 3.63) is 83.4 Å². The molecule has 6 nitrogen and oxygen atoms in total. The molecule has 0 saturated heterocycles. The molecule has 3 heterocycles. The van der Waals surface area contributed by atoms with Crippen LogP contribution in [0.3, 0.4) is 0 Å². The van der Waals surface area contributed by atoms with Crippen molar-refractivity contribution in [2.24, 2.45) is 0 Å². The minimum absolute atomic E-state index is 0.110. The van der Waals surface area contributed by atoms with Gasteiger partial charge in [-0.25, -0.2) is 14.4 Å². The van der Waals surface area contributed by atoms with E-state index in [0.717, 1.165) is 17.7 Å². The summed E-state index contributed by atoms with van der Waals surface area (Å²) < 4.78 is 20.8. The van der Waals surface area contributed by atoms with Gasteiger partial charge in [0.05, 0.1) is 22.5 Å². The zero-order chi connectivity index (χ0) is 21.4. The first kappa shape index (κ1) is 19.0. The molecule has 1 aliphatic rings. The van der Waals surface area contributed by atoms with E-state index in [1.54, 1.807) is 30.5 Å². The van der Waals surface area contributed by atoms with Crippen molar-refractivity contribution in [2.75, 3.05) is 6.54 Å². The standard InChI is InChI=1S/C24H19FN4O2/c1-14-5-7-15(8-6-14)31-21-4-2-3-17(25)22(21)23-26-11-10-19(29-23)20-13-16-18(28-20)9-12-27-24(16)30/h2-8,10-11,13,28H,9,12H2,1H3,(H,27,30). The molecular formula is C24H19FN4O2. The minimum atomic E-state index is -0.480. The average molecular weight is 414 g/mol. The summed E-state index contributed by atoms with van der Waals surface area (Å²) in [6, 6.07) is 15.6. The number of benzene rings is 2.